The van der Waals surface area contributed by atoms with E-state index in [1.54, 1.807) is 12.3 Å². The van der Waals surface area contributed by atoms with E-state index in [0.717, 1.165) is 5.56 Å². The molecule has 4 nitrogen and oxygen atoms in total. The minimum atomic E-state index is -1.13. The van der Waals surface area contributed by atoms with Gasteiger partial charge in [0.1, 0.15) is 6.17 Å². The molecule has 1 aromatic heterocycles. The Hall–Kier alpha value is -1.20. The van der Waals surface area contributed by atoms with Crippen LogP contribution in [0, 0.1) is 0 Å². The van der Waals surface area contributed by atoms with Crippen molar-refractivity contribution in [3.8, 4) is 5.88 Å². The lowest BCUT2D eigenvalue weighted by Crippen LogP contribution is -2.21. The topological polar surface area (TPSA) is 45.6 Å². The zero-order valence-corrected chi connectivity index (χ0v) is 9.84. The van der Waals surface area contributed by atoms with Crippen molar-refractivity contribution >= 4 is 0 Å². The van der Waals surface area contributed by atoms with E-state index in [1.165, 1.54) is 0 Å². The number of halogens is 1. The number of rotatable bonds is 4. The summed E-state index contributed by atoms with van der Waals surface area (Å²) in [6, 6.07) is 3.72. The van der Waals surface area contributed by atoms with Gasteiger partial charge in [0, 0.05) is 31.9 Å². The van der Waals surface area contributed by atoms with Gasteiger partial charge in [-0.15, -0.1) is 0 Å². The van der Waals surface area contributed by atoms with Crippen LogP contribution in [0.4, 0.5) is 4.39 Å². The molecule has 2 rings (SSSR count). The van der Waals surface area contributed by atoms with E-state index in [2.05, 4.69) is 4.98 Å². The summed E-state index contributed by atoms with van der Waals surface area (Å²) in [5.74, 6) is 0.598. The average Bonchev–Trinajstić information content (AvgIpc) is 2.61. The number of hydrogen-bond donors (Lipinski definition) is 1. The lowest BCUT2D eigenvalue weighted by Gasteiger charge is -2.14. The fourth-order valence-corrected chi connectivity index (χ4v) is 1.95. The average molecular weight is 240 g/mol. The first-order valence-electron chi connectivity index (χ1n) is 5.81. The number of aliphatic hydroxyl groups is 1. The van der Waals surface area contributed by atoms with Crippen molar-refractivity contribution in [3.05, 3.63) is 23.9 Å². The second-order valence-electron chi connectivity index (χ2n) is 4.22. The van der Waals surface area contributed by atoms with Gasteiger partial charge >= 0.3 is 0 Å². The Kier molecular flexibility index (Phi) is 3.91. The van der Waals surface area contributed by atoms with E-state index >= 15 is 0 Å². The van der Waals surface area contributed by atoms with Gasteiger partial charge in [-0.05, 0) is 12.5 Å². The number of ether oxygens (including phenoxy) is 1. The third-order valence-electron chi connectivity index (χ3n) is 2.79. The number of hydrogen-bond acceptors (Lipinski definition) is 4. The molecular weight excluding hydrogens is 223 g/mol. The van der Waals surface area contributed by atoms with Crippen LogP contribution in [0.3, 0.4) is 0 Å². The first-order valence-corrected chi connectivity index (χ1v) is 5.81. The summed E-state index contributed by atoms with van der Waals surface area (Å²) >= 11 is 0. The molecule has 2 heterocycles. The molecule has 0 saturated carbocycles. The van der Waals surface area contributed by atoms with Gasteiger partial charge in [0.05, 0.1) is 12.7 Å². The number of pyridine rings is 1. The monoisotopic (exact) mass is 240 g/mol. The predicted octanol–water partition coefficient (Wildman–Crippen LogP) is 0.995. The minimum absolute atomic E-state index is 0.286. The molecule has 0 bridgehead atoms. The number of aliphatic hydroxyl groups excluding tert-OH is 1. The van der Waals surface area contributed by atoms with E-state index in [1.807, 2.05) is 17.9 Å². The number of β-amino-alcohol motifs (C(OH)–C–C–N with tert-alkyl or cyclic N) is 1. The van der Waals surface area contributed by atoms with E-state index in [0.29, 0.717) is 25.6 Å². The molecule has 0 unspecified atom stereocenters. The summed E-state index contributed by atoms with van der Waals surface area (Å²) in [6.45, 7) is 3.77. The first-order chi connectivity index (χ1) is 8.19. The summed E-state index contributed by atoms with van der Waals surface area (Å²) < 4.78 is 18.3. The van der Waals surface area contributed by atoms with Crippen LogP contribution >= 0.6 is 0 Å². The molecule has 0 aliphatic carbocycles. The van der Waals surface area contributed by atoms with Crippen LogP contribution in [0.1, 0.15) is 12.5 Å². The smallest absolute Gasteiger partial charge is 0.213 e. The lowest BCUT2D eigenvalue weighted by molar-refractivity contribution is 0.115. The molecular formula is C12H17FN2O2. The van der Waals surface area contributed by atoms with E-state index in [-0.39, 0.29) is 6.54 Å². The highest BCUT2D eigenvalue weighted by molar-refractivity contribution is 5.18. The van der Waals surface area contributed by atoms with Gasteiger partial charge in [0.15, 0.2) is 0 Å². The molecule has 0 radical (unpaired) electrons. The first kappa shape index (κ1) is 12.3. The van der Waals surface area contributed by atoms with E-state index in [9.17, 15) is 9.50 Å². The van der Waals surface area contributed by atoms with Crippen molar-refractivity contribution in [1.82, 2.24) is 9.88 Å². The summed E-state index contributed by atoms with van der Waals surface area (Å²) in [4.78, 5) is 6.03. The van der Waals surface area contributed by atoms with Crippen molar-refractivity contribution in [3.63, 3.8) is 0 Å². The fraction of sp³-hybridized carbons (Fsp3) is 0.583. The molecule has 1 aromatic rings. The molecule has 1 fully saturated rings. The van der Waals surface area contributed by atoms with Crippen molar-refractivity contribution in [2.24, 2.45) is 0 Å². The van der Waals surface area contributed by atoms with Crippen LogP contribution < -0.4 is 4.74 Å². The molecule has 1 N–H and O–H groups in total. The highest BCUT2D eigenvalue weighted by Crippen LogP contribution is 2.17. The lowest BCUT2D eigenvalue weighted by atomic mass is 10.2. The van der Waals surface area contributed by atoms with Gasteiger partial charge in [-0.2, -0.15) is 0 Å². The van der Waals surface area contributed by atoms with Crippen molar-refractivity contribution in [2.45, 2.75) is 25.7 Å². The largest absolute Gasteiger partial charge is 0.478 e. The Labute approximate surface area is 100 Å². The highest BCUT2D eigenvalue weighted by atomic mass is 19.1. The van der Waals surface area contributed by atoms with Crippen LogP contribution in [0.2, 0.25) is 0 Å². The third kappa shape index (κ3) is 3.14. The van der Waals surface area contributed by atoms with Gasteiger partial charge < -0.3 is 9.84 Å². The molecule has 94 valence electrons. The number of nitrogens with zero attached hydrogens (tertiary/aromatic N) is 2. The number of aromatic nitrogens is 1. The molecule has 1 saturated heterocycles. The Balaban J connectivity index is 1.91. The maximum atomic E-state index is 13.1. The normalized spacial score (nSPS) is 25.1. The number of alkyl halides is 1. The Morgan fingerprint density at radius 1 is 1.53 bits per heavy atom. The van der Waals surface area contributed by atoms with E-state index in [4.69, 9.17) is 4.74 Å². The van der Waals surface area contributed by atoms with Crippen LogP contribution in [0.5, 0.6) is 5.88 Å². The van der Waals surface area contributed by atoms with Gasteiger partial charge in [0.25, 0.3) is 0 Å². The molecule has 0 amide bonds. The standard InChI is InChI=1S/C12H17FN2O2/c1-2-17-12-4-3-9(5-14-12)6-15-7-10(13)11(16)8-15/h3-5,10-11,16H,2,6-8H2,1H3/t10-,11-/m1/s1. The van der Waals surface area contributed by atoms with Crippen LogP contribution in [0.15, 0.2) is 18.3 Å². The van der Waals surface area contributed by atoms with Gasteiger partial charge in [0.2, 0.25) is 5.88 Å². The molecule has 1 aliphatic rings. The molecule has 1 aliphatic heterocycles. The second-order valence-corrected chi connectivity index (χ2v) is 4.22. The van der Waals surface area contributed by atoms with Crippen LogP contribution in [0.25, 0.3) is 0 Å². The van der Waals surface area contributed by atoms with Gasteiger partial charge in [-0.1, -0.05) is 6.07 Å². The summed E-state index contributed by atoms with van der Waals surface area (Å²) in [5, 5.41) is 9.31. The quantitative estimate of drug-likeness (QED) is 0.852. The van der Waals surface area contributed by atoms with Crippen LogP contribution in [-0.4, -0.2) is 47.0 Å². The summed E-state index contributed by atoms with van der Waals surface area (Å²) in [5.41, 5.74) is 0.995. The maximum Gasteiger partial charge on any atom is 0.213 e. The molecule has 5 heteroatoms. The zero-order valence-electron chi connectivity index (χ0n) is 9.84. The van der Waals surface area contributed by atoms with Crippen molar-refractivity contribution in [2.75, 3.05) is 19.7 Å². The third-order valence-corrected chi connectivity index (χ3v) is 2.79. The fourth-order valence-electron chi connectivity index (χ4n) is 1.95. The molecule has 0 aromatic carbocycles. The molecule has 17 heavy (non-hydrogen) atoms. The predicted molar refractivity (Wildman–Crippen MR) is 61.6 cm³/mol. The zero-order chi connectivity index (χ0) is 12.3. The minimum Gasteiger partial charge on any atom is -0.478 e. The SMILES string of the molecule is CCOc1ccc(CN2C[C@@H](O)[C@H](F)C2)cn1. The van der Waals surface area contributed by atoms with Crippen LogP contribution in [-0.2, 0) is 6.54 Å². The Morgan fingerprint density at radius 3 is 2.88 bits per heavy atom. The summed E-state index contributed by atoms with van der Waals surface area (Å²) in [7, 11) is 0. The highest BCUT2D eigenvalue weighted by Gasteiger charge is 2.30. The van der Waals surface area contributed by atoms with Crippen molar-refractivity contribution in [1.29, 1.82) is 0 Å². The van der Waals surface area contributed by atoms with E-state index < -0.39 is 12.3 Å². The Morgan fingerprint density at radius 2 is 2.35 bits per heavy atom. The molecule has 2 atom stereocenters. The van der Waals surface area contributed by atoms with Gasteiger partial charge in [-0.25, -0.2) is 9.37 Å². The Bertz CT molecular complexity index is 348. The second kappa shape index (κ2) is 5.42. The maximum absolute atomic E-state index is 13.1. The van der Waals surface area contributed by atoms with Crippen molar-refractivity contribution < 1.29 is 14.2 Å². The summed E-state index contributed by atoms with van der Waals surface area (Å²) in [6.07, 6.45) is -0.264. The van der Waals surface area contributed by atoms with Gasteiger partial charge in [-0.3, -0.25) is 4.90 Å². The number of likely N-dealkylation sites (tertiary alicyclic amines) is 1. The molecule has 0 spiro atoms.